The van der Waals surface area contributed by atoms with Gasteiger partial charge in [-0.15, -0.1) is 0 Å². The average molecular weight is 223 g/mol. The highest BCUT2D eigenvalue weighted by Gasteiger charge is 1.98. The molecule has 0 aliphatic rings. The summed E-state index contributed by atoms with van der Waals surface area (Å²) in [7, 11) is 1.60. The van der Waals surface area contributed by atoms with Crippen molar-refractivity contribution in [2.45, 2.75) is 0 Å². The molecular formula is C12H11ClO2. The second kappa shape index (κ2) is 6.04. The van der Waals surface area contributed by atoms with E-state index in [0.717, 1.165) is 17.6 Å². The van der Waals surface area contributed by atoms with Crippen LogP contribution in [0.5, 0.6) is 5.75 Å². The average Bonchev–Trinajstić information content (AvgIpc) is 2.25. The Hall–Kier alpha value is -1.54. The zero-order valence-corrected chi connectivity index (χ0v) is 9.07. The zero-order chi connectivity index (χ0) is 11.1. The molecule has 15 heavy (non-hydrogen) atoms. The number of rotatable bonds is 4. The van der Waals surface area contributed by atoms with E-state index in [1.807, 2.05) is 6.08 Å². The van der Waals surface area contributed by atoms with Crippen LogP contribution < -0.4 is 4.74 Å². The molecule has 0 aliphatic carbocycles. The van der Waals surface area contributed by atoms with Crippen LogP contribution in [0.2, 0.25) is 5.02 Å². The number of carbonyl (C=O) groups excluding carboxylic acids is 1. The van der Waals surface area contributed by atoms with Crippen LogP contribution in [0.4, 0.5) is 0 Å². The van der Waals surface area contributed by atoms with E-state index in [-0.39, 0.29) is 0 Å². The largest absolute Gasteiger partial charge is 0.496 e. The molecule has 78 valence electrons. The van der Waals surface area contributed by atoms with Crippen LogP contribution in [0.3, 0.4) is 0 Å². The van der Waals surface area contributed by atoms with Gasteiger partial charge in [-0.2, -0.15) is 0 Å². The summed E-state index contributed by atoms with van der Waals surface area (Å²) in [5.74, 6) is 0.746. The number of allylic oxidation sites excluding steroid dienone is 3. The summed E-state index contributed by atoms with van der Waals surface area (Å²) in [6, 6.07) is 5.36. The van der Waals surface area contributed by atoms with Gasteiger partial charge in [0.15, 0.2) is 0 Å². The normalized spacial score (nSPS) is 11.1. The highest BCUT2D eigenvalue weighted by Crippen LogP contribution is 2.23. The second-order valence-corrected chi connectivity index (χ2v) is 3.20. The fourth-order valence-corrected chi connectivity index (χ4v) is 1.28. The SMILES string of the molecule is COc1ccc(Cl)cc1/C=C/C=C/C=O. The van der Waals surface area contributed by atoms with Gasteiger partial charge in [0.2, 0.25) is 0 Å². The lowest BCUT2D eigenvalue weighted by atomic mass is 10.2. The lowest BCUT2D eigenvalue weighted by molar-refractivity contribution is -0.104. The highest BCUT2D eigenvalue weighted by atomic mass is 35.5. The molecule has 0 amide bonds. The van der Waals surface area contributed by atoms with E-state index in [1.54, 1.807) is 37.5 Å². The fourth-order valence-electron chi connectivity index (χ4n) is 1.10. The Balaban J connectivity index is 2.91. The lowest BCUT2D eigenvalue weighted by Crippen LogP contribution is -1.85. The van der Waals surface area contributed by atoms with Gasteiger partial charge >= 0.3 is 0 Å². The van der Waals surface area contributed by atoms with E-state index in [0.29, 0.717) is 5.02 Å². The molecule has 0 spiro atoms. The molecule has 0 aliphatic heterocycles. The van der Waals surface area contributed by atoms with E-state index in [9.17, 15) is 4.79 Å². The Kier molecular flexibility index (Phi) is 4.64. The molecule has 0 heterocycles. The van der Waals surface area contributed by atoms with Crippen molar-refractivity contribution in [3.63, 3.8) is 0 Å². The van der Waals surface area contributed by atoms with Gasteiger partial charge in [0.05, 0.1) is 7.11 Å². The number of benzene rings is 1. The van der Waals surface area contributed by atoms with Crippen LogP contribution in [0.25, 0.3) is 6.08 Å². The van der Waals surface area contributed by atoms with Crippen molar-refractivity contribution in [1.82, 2.24) is 0 Å². The minimum atomic E-state index is 0.648. The molecule has 0 aromatic heterocycles. The third-order valence-corrected chi connectivity index (χ3v) is 2.00. The fraction of sp³-hybridized carbons (Fsp3) is 0.0833. The summed E-state index contributed by atoms with van der Waals surface area (Å²) >= 11 is 5.85. The molecule has 0 N–H and O–H groups in total. The quantitative estimate of drug-likeness (QED) is 0.445. The summed E-state index contributed by atoms with van der Waals surface area (Å²) in [6.07, 6.45) is 7.35. The van der Waals surface area contributed by atoms with Gasteiger partial charge in [0.1, 0.15) is 12.0 Å². The standard InChI is InChI=1S/C12H11ClO2/c1-15-12-7-6-11(13)9-10(12)5-3-2-4-8-14/h2-9H,1H3/b4-2+,5-3+. The summed E-state index contributed by atoms with van der Waals surface area (Å²) in [5.41, 5.74) is 0.876. The number of halogens is 1. The lowest BCUT2D eigenvalue weighted by Gasteiger charge is -2.04. The van der Waals surface area contributed by atoms with Gasteiger partial charge in [0.25, 0.3) is 0 Å². The molecule has 2 nitrogen and oxygen atoms in total. The minimum Gasteiger partial charge on any atom is -0.496 e. The van der Waals surface area contributed by atoms with E-state index >= 15 is 0 Å². The van der Waals surface area contributed by atoms with E-state index in [4.69, 9.17) is 16.3 Å². The first kappa shape index (κ1) is 11.5. The van der Waals surface area contributed by atoms with Crippen LogP contribution in [-0.4, -0.2) is 13.4 Å². The molecule has 0 atom stereocenters. The maximum Gasteiger partial charge on any atom is 0.142 e. The second-order valence-electron chi connectivity index (χ2n) is 2.77. The molecule has 0 saturated heterocycles. The summed E-state index contributed by atoms with van der Waals surface area (Å²) in [5, 5.41) is 0.648. The smallest absolute Gasteiger partial charge is 0.142 e. The molecule has 1 aromatic carbocycles. The van der Waals surface area contributed by atoms with Gasteiger partial charge in [-0.05, 0) is 24.3 Å². The van der Waals surface area contributed by atoms with Crippen LogP contribution in [0, 0.1) is 0 Å². The Morgan fingerprint density at radius 1 is 1.27 bits per heavy atom. The van der Waals surface area contributed by atoms with Gasteiger partial charge in [-0.3, -0.25) is 4.79 Å². The van der Waals surface area contributed by atoms with Gasteiger partial charge in [0, 0.05) is 10.6 Å². The third kappa shape index (κ3) is 3.60. The van der Waals surface area contributed by atoms with E-state index in [1.165, 1.54) is 6.08 Å². The van der Waals surface area contributed by atoms with Gasteiger partial charge in [-0.1, -0.05) is 29.8 Å². The monoisotopic (exact) mass is 222 g/mol. The van der Waals surface area contributed by atoms with Crippen molar-refractivity contribution in [1.29, 1.82) is 0 Å². The van der Waals surface area contributed by atoms with Crippen LogP contribution >= 0.6 is 11.6 Å². The molecule has 0 fully saturated rings. The molecule has 1 aromatic rings. The maximum absolute atomic E-state index is 10.0. The molecule has 0 bridgehead atoms. The summed E-state index contributed by atoms with van der Waals surface area (Å²) < 4.78 is 5.15. The van der Waals surface area contributed by atoms with Crippen LogP contribution in [0.15, 0.2) is 36.4 Å². The number of ether oxygens (including phenoxy) is 1. The summed E-state index contributed by atoms with van der Waals surface area (Å²) in [6.45, 7) is 0. The summed E-state index contributed by atoms with van der Waals surface area (Å²) in [4.78, 5) is 10.0. The molecule has 0 radical (unpaired) electrons. The Bertz CT molecular complexity index is 395. The van der Waals surface area contributed by atoms with Crippen molar-refractivity contribution in [2.75, 3.05) is 7.11 Å². The Morgan fingerprint density at radius 3 is 2.73 bits per heavy atom. The minimum absolute atomic E-state index is 0.648. The number of hydrogen-bond acceptors (Lipinski definition) is 2. The first-order chi connectivity index (χ1) is 7.27. The van der Waals surface area contributed by atoms with Crippen molar-refractivity contribution in [2.24, 2.45) is 0 Å². The third-order valence-electron chi connectivity index (χ3n) is 1.77. The van der Waals surface area contributed by atoms with Crippen LogP contribution in [-0.2, 0) is 4.79 Å². The number of methoxy groups -OCH3 is 1. The predicted octanol–water partition coefficient (Wildman–Crippen LogP) is 3.12. The Labute approximate surface area is 93.8 Å². The van der Waals surface area contributed by atoms with Gasteiger partial charge in [-0.25, -0.2) is 0 Å². The van der Waals surface area contributed by atoms with Gasteiger partial charge < -0.3 is 4.74 Å². The van der Waals surface area contributed by atoms with Crippen molar-refractivity contribution < 1.29 is 9.53 Å². The van der Waals surface area contributed by atoms with E-state index in [2.05, 4.69) is 0 Å². The first-order valence-electron chi connectivity index (χ1n) is 4.40. The number of hydrogen-bond donors (Lipinski definition) is 0. The highest BCUT2D eigenvalue weighted by molar-refractivity contribution is 6.30. The predicted molar refractivity (Wildman–Crippen MR) is 62.2 cm³/mol. The molecule has 0 saturated carbocycles. The van der Waals surface area contributed by atoms with Crippen molar-refractivity contribution in [3.8, 4) is 5.75 Å². The van der Waals surface area contributed by atoms with Crippen molar-refractivity contribution in [3.05, 3.63) is 47.0 Å². The topological polar surface area (TPSA) is 26.3 Å². The molecule has 0 unspecified atom stereocenters. The first-order valence-corrected chi connectivity index (χ1v) is 4.78. The molecule has 3 heteroatoms. The molecule has 1 rings (SSSR count). The maximum atomic E-state index is 10.0. The zero-order valence-electron chi connectivity index (χ0n) is 8.31. The Morgan fingerprint density at radius 2 is 2.07 bits per heavy atom. The van der Waals surface area contributed by atoms with Crippen LogP contribution in [0.1, 0.15) is 5.56 Å². The van der Waals surface area contributed by atoms with Crippen molar-refractivity contribution >= 4 is 24.0 Å². The number of carbonyl (C=O) groups is 1. The molecular weight excluding hydrogens is 212 g/mol. The number of aldehydes is 1. The van der Waals surface area contributed by atoms with E-state index < -0.39 is 0 Å².